The Kier molecular flexibility index (Phi) is 3.91. The molecule has 1 aromatic carbocycles. The monoisotopic (exact) mass is 295 g/mol. The zero-order valence-electron chi connectivity index (χ0n) is 9.85. The minimum atomic E-state index is 0.636. The maximum Gasteiger partial charge on any atom is 0.241 e. The van der Waals surface area contributed by atoms with E-state index >= 15 is 0 Å². The molecule has 0 amide bonds. The van der Waals surface area contributed by atoms with Crippen LogP contribution in [0.5, 0.6) is 0 Å². The number of benzene rings is 1. The van der Waals surface area contributed by atoms with Gasteiger partial charge in [0.15, 0.2) is 0 Å². The molecule has 0 saturated heterocycles. The lowest BCUT2D eigenvalue weighted by Gasteiger charge is -2.08. The van der Waals surface area contributed by atoms with E-state index in [1.54, 1.807) is 0 Å². The fourth-order valence-corrected chi connectivity index (χ4v) is 1.64. The Morgan fingerprint density at radius 2 is 2.00 bits per heavy atom. The van der Waals surface area contributed by atoms with Gasteiger partial charge in [0.2, 0.25) is 11.7 Å². The second kappa shape index (κ2) is 5.42. The van der Waals surface area contributed by atoms with E-state index in [-0.39, 0.29) is 0 Å². The summed E-state index contributed by atoms with van der Waals surface area (Å²) in [6.45, 7) is 3.72. The van der Waals surface area contributed by atoms with Crippen molar-refractivity contribution in [3.05, 3.63) is 34.6 Å². The van der Waals surface area contributed by atoms with Gasteiger partial charge in [-0.1, -0.05) is 28.0 Å². The van der Waals surface area contributed by atoms with E-state index in [0.717, 1.165) is 16.6 Å². The standard InChI is InChI=1S/C12H14BrN3O/c1-3-16(2)8-11-14-12(15-17-11)9-4-6-10(13)7-5-9/h4-7H,3,8H2,1-2H3. The third-order valence-corrected chi connectivity index (χ3v) is 3.04. The van der Waals surface area contributed by atoms with Crippen molar-refractivity contribution in [3.63, 3.8) is 0 Å². The molecule has 90 valence electrons. The number of hydrogen-bond acceptors (Lipinski definition) is 4. The molecule has 0 unspecified atom stereocenters. The summed E-state index contributed by atoms with van der Waals surface area (Å²) in [4.78, 5) is 6.47. The van der Waals surface area contributed by atoms with Crippen LogP contribution in [0.4, 0.5) is 0 Å². The van der Waals surface area contributed by atoms with Crippen molar-refractivity contribution < 1.29 is 4.52 Å². The second-order valence-corrected chi connectivity index (χ2v) is 4.76. The van der Waals surface area contributed by atoms with Crippen molar-refractivity contribution in [2.45, 2.75) is 13.5 Å². The third-order valence-electron chi connectivity index (χ3n) is 2.52. The van der Waals surface area contributed by atoms with Crippen molar-refractivity contribution in [2.75, 3.05) is 13.6 Å². The molecule has 0 aliphatic rings. The van der Waals surface area contributed by atoms with Gasteiger partial charge in [-0.25, -0.2) is 0 Å². The lowest BCUT2D eigenvalue weighted by atomic mass is 10.2. The van der Waals surface area contributed by atoms with E-state index in [4.69, 9.17) is 4.52 Å². The fourth-order valence-electron chi connectivity index (χ4n) is 1.38. The van der Waals surface area contributed by atoms with Crippen LogP contribution >= 0.6 is 15.9 Å². The average Bonchev–Trinajstić information content (AvgIpc) is 2.78. The van der Waals surface area contributed by atoms with Crippen molar-refractivity contribution in [3.8, 4) is 11.4 Å². The highest BCUT2D eigenvalue weighted by Crippen LogP contribution is 2.19. The summed E-state index contributed by atoms with van der Waals surface area (Å²) < 4.78 is 6.24. The molecule has 0 saturated carbocycles. The predicted molar refractivity (Wildman–Crippen MR) is 69.4 cm³/mol. The zero-order valence-corrected chi connectivity index (χ0v) is 11.4. The van der Waals surface area contributed by atoms with Crippen LogP contribution in [0.15, 0.2) is 33.3 Å². The smallest absolute Gasteiger partial charge is 0.241 e. The summed E-state index contributed by atoms with van der Waals surface area (Å²) in [5.74, 6) is 1.28. The Morgan fingerprint density at radius 1 is 1.29 bits per heavy atom. The van der Waals surface area contributed by atoms with Crippen molar-refractivity contribution in [2.24, 2.45) is 0 Å². The molecule has 4 nitrogen and oxygen atoms in total. The first-order valence-corrected chi connectivity index (χ1v) is 6.25. The molecule has 0 bridgehead atoms. The number of rotatable bonds is 4. The summed E-state index contributed by atoms with van der Waals surface area (Å²) >= 11 is 3.39. The van der Waals surface area contributed by atoms with Gasteiger partial charge in [0.05, 0.1) is 6.54 Å². The molecule has 0 radical (unpaired) electrons. The lowest BCUT2D eigenvalue weighted by molar-refractivity contribution is 0.276. The van der Waals surface area contributed by atoms with Gasteiger partial charge in [-0.15, -0.1) is 0 Å². The molecule has 17 heavy (non-hydrogen) atoms. The molecular weight excluding hydrogens is 282 g/mol. The molecule has 0 N–H and O–H groups in total. The molecule has 2 aromatic rings. The number of halogens is 1. The van der Waals surface area contributed by atoms with Crippen LogP contribution in [-0.4, -0.2) is 28.6 Å². The quantitative estimate of drug-likeness (QED) is 0.870. The van der Waals surface area contributed by atoms with Crippen LogP contribution in [0, 0.1) is 0 Å². The van der Waals surface area contributed by atoms with E-state index < -0.39 is 0 Å². The normalized spacial score (nSPS) is 11.1. The number of hydrogen-bond donors (Lipinski definition) is 0. The Balaban J connectivity index is 2.15. The van der Waals surface area contributed by atoms with Gasteiger partial charge in [-0.05, 0) is 37.9 Å². The Bertz CT molecular complexity index is 481. The van der Waals surface area contributed by atoms with Gasteiger partial charge in [0, 0.05) is 10.0 Å². The molecule has 0 atom stereocenters. The van der Waals surface area contributed by atoms with Gasteiger partial charge in [0.1, 0.15) is 0 Å². The van der Waals surface area contributed by atoms with Gasteiger partial charge >= 0.3 is 0 Å². The van der Waals surface area contributed by atoms with Crippen molar-refractivity contribution in [1.29, 1.82) is 0 Å². The third kappa shape index (κ3) is 3.14. The van der Waals surface area contributed by atoms with E-state index in [2.05, 4.69) is 37.9 Å². The molecular formula is C12H14BrN3O. The van der Waals surface area contributed by atoms with Crippen LogP contribution in [0.25, 0.3) is 11.4 Å². The first-order chi connectivity index (χ1) is 8.19. The summed E-state index contributed by atoms with van der Waals surface area (Å²) in [5, 5.41) is 3.98. The first-order valence-electron chi connectivity index (χ1n) is 5.46. The maximum atomic E-state index is 5.21. The van der Waals surface area contributed by atoms with Crippen LogP contribution in [0.2, 0.25) is 0 Å². The number of aromatic nitrogens is 2. The largest absolute Gasteiger partial charge is 0.338 e. The molecule has 0 aliphatic heterocycles. The molecule has 0 spiro atoms. The maximum absolute atomic E-state index is 5.21. The Labute approximate surface area is 109 Å². The SMILES string of the molecule is CCN(C)Cc1nc(-c2ccc(Br)cc2)no1. The first kappa shape index (κ1) is 12.3. The van der Waals surface area contributed by atoms with E-state index in [1.807, 2.05) is 31.3 Å². The van der Waals surface area contributed by atoms with Crippen molar-refractivity contribution in [1.82, 2.24) is 15.0 Å². The summed E-state index contributed by atoms with van der Waals surface area (Å²) in [6, 6.07) is 7.84. The van der Waals surface area contributed by atoms with Crippen molar-refractivity contribution >= 4 is 15.9 Å². The lowest BCUT2D eigenvalue weighted by Crippen LogP contribution is -2.16. The van der Waals surface area contributed by atoms with Crippen LogP contribution in [-0.2, 0) is 6.54 Å². The van der Waals surface area contributed by atoms with Crippen LogP contribution in [0.1, 0.15) is 12.8 Å². The highest BCUT2D eigenvalue weighted by Gasteiger charge is 2.09. The minimum Gasteiger partial charge on any atom is -0.338 e. The average molecular weight is 296 g/mol. The molecule has 5 heteroatoms. The highest BCUT2D eigenvalue weighted by atomic mass is 79.9. The van der Waals surface area contributed by atoms with E-state index in [1.165, 1.54) is 0 Å². The van der Waals surface area contributed by atoms with Gasteiger partial charge in [-0.2, -0.15) is 4.98 Å². The van der Waals surface area contributed by atoms with E-state index in [0.29, 0.717) is 18.3 Å². The topological polar surface area (TPSA) is 42.2 Å². The van der Waals surface area contributed by atoms with Crippen LogP contribution < -0.4 is 0 Å². The predicted octanol–water partition coefficient (Wildman–Crippen LogP) is 2.95. The highest BCUT2D eigenvalue weighted by molar-refractivity contribution is 9.10. The summed E-state index contributed by atoms with van der Waals surface area (Å²) in [7, 11) is 2.02. The van der Waals surface area contributed by atoms with E-state index in [9.17, 15) is 0 Å². The zero-order chi connectivity index (χ0) is 12.3. The molecule has 1 aromatic heterocycles. The van der Waals surface area contributed by atoms with Gasteiger partial charge in [-0.3, -0.25) is 4.90 Å². The molecule has 1 heterocycles. The van der Waals surface area contributed by atoms with Gasteiger partial charge in [0.25, 0.3) is 0 Å². The fraction of sp³-hybridized carbons (Fsp3) is 0.333. The molecule has 0 aliphatic carbocycles. The molecule has 2 rings (SSSR count). The summed E-state index contributed by atoms with van der Waals surface area (Å²) in [5.41, 5.74) is 0.961. The Morgan fingerprint density at radius 3 is 2.65 bits per heavy atom. The summed E-state index contributed by atoms with van der Waals surface area (Å²) in [6.07, 6.45) is 0. The number of nitrogens with zero attached hydrogens (tertiary/aromatic N) is 3. The van der Waals surface area contributed by atoms with Crippen LogP contribution in [0.3, 0.4) is 0 Å². The Hall–Kier alpha value is -1.20. The second-order valence-electron chi connectivity index (χ2n) is 3.85. The van der Waals surface area contributed by atoms with Gasteiger partial charge < -0.3 is 4.52 Å². The molecule has 0 fully saturated rings. The minimum absolute atomic E-state index is 0.636.